The lowest BCUT2D eigenvalue weighted by Crippen LogP contribution is -2.38. The fourth-order valence-electron chi connectivity index (χ4n) is 3.88. The first kappa shape index (κ1) is 19.5. The molecule has 3 rings (SSSR count). The number of aromatic nitrogens is 1. The van der Waals surface area contributed by atoms with Crippen LogP contribution < -0.4 is 4.74 Å². The number of hydrogen-bond donors (Lipinski definition) is 0. The minimum Gasteiger partial charge on any atom is -0.497 e. The van der Waals surface area contributed by atoms with Gasteiger partial charge in [-0.2, -0.15) is 0 Å². The van der Waals surface area contributed by atoms with Gasteiger partial charge in [-0.3, -0.25) is 4.79 Å². The van der Waals surface area contributed by atoms with Crippen molar-refractivity contribution in [1.29, 1.82) is 0 Å². The van der Waals surface area contributed by atoms with Crippen molar-refractivity contribution < 1.29 is 14.1 Å². The molecule has 0 bridgehead atoms. The molecule has 1 aromatic heterocycles. The second-order valence-electron chi connectivity index (χ2n) is 7.51. The minimum atomic E-state index is 0.253. The molecule has 1 amide bonds. The number of piperidine rings is 1. The van der Waals surface area contributed by atoms with Crippen molar-refractivity contribution in [2.24, 2.45) is 5.92 Å². The van der Waals surface area contributed by atoms with Crippen molar-refractivity contribution in [1.82, 2.24) is 10.1 Å². The van der Waals surface area contributed by atoms with Crippen molar-refractivity contribution in [3.05, 3.63) is 46.8 Å². The summed E-state index contributed by atoms with van der Waals surface area (Å²) in [5, 5.41) is 3.96. The largest absolute Gasteiger partial charge is 0.497 e. The zero-order valence-electron chi connectivity index (χ0n) is 16.7. The molecule has 146 valence electrons. The zero-order chi connectivity index (χ0) is 19.2. The highest BCUT2D eigenvalue weighted by atomic mass is 16.5. The van der Waals surface area contributed by atoms with Gasteiger partial charge >= 0.3 is 0 Å². The first-order valence-corrected chi connectivity index (χ1v) is 9.89. The van der Waals surface area contributed by atoms with E-state index in [0.717, 1.165) is 61.5 Å². The number of carbonyl (C=O) groups is 1. The van der Waals surface area contributed by atoms with E-state index in [2.05, 4.69) is 17.3 Å². The molecular weight excluding hydrogens is 340 g/mol. The third kappa shape index (κ3) is 5.12. The summed E-state index contributed by atoms with van der Waals surface area (Å²) >= 11 is 0. The molecule has 1 fully saturated rings. The molecule has 5 heteroatoms. The van der Waals surface area contributed by atoms with Crippen molar-refractivity contribution in [2.75, 3.05) is 20.2 Å². The lowest BCUT2D eigenvalue weighted by Gasteiger charge is -2.32. The van der Waals surface area contributed by atoms with Gasteiger partial charge in [0.15, 0.2) is 0 Å². The Hall–Kier alpha value is -2.30. The van der Waals surface area contributed by atoms with Crippen LogP contribution in [0.1, 0.15) is 48.3 Å². The van der Waals surface area contributed by atoms with Crippen molar-refractivity contribution in [3.63, 3.8) is 0 Å². The van der Waals surface area contributed by atoms with Gasteiger partial charge in [-0.1, -0.05) is 17.3 Å². The van der Waals surface area contributed by atoms with Gasteiger partial charge in [-0.05, 0) is 69.6 Å². The van der Waals surface area contributed by atoms with Gasteiger partial charge in [0.05, 0.1) is 12.8 Å². The van der Waals surface area contributed by atoms with Crippen LogP contribution in [-0.2, 0) is 17.6 Å². The molecule has 1 aromatic carbocycles. The Labute approximate surface area is 161 Å². The maximum atomic E-state index is 12.5. The predicted octanol–water partition coefficient (Wildman–Crippen LogP) is 4.10. The van der Waals surface area contributed by atoms with E-state index in [1.54, 1.807) is 7.11 Å². The third-order valence-electron chi connectivity index (χ3n) is 5.74. The highest BCUT2D eigenvalue weighted by Gasteiger charge is 2.23. The molecule has 0 N–H and O–H groups in total. The second kappa shape index (κ2) is 9.07. The molecule has 1 saturated heterocycles. The number of benzene rings is 1. The molecule has 0 spiro atoms. The van der Waals surface area contributed by atoms with Gasteiger partial charge < -0.3 is 14.2 Å². The molecule has 0 radical (unpaired) electrons. The molecule has 0 aliphatic carbocycles. The van der Waals surface area contributed by atoms with Crippen molar-refractivity contribution in [3.8, 4) is 5.75 Å². The number of carbonyl (C=O) groups excluding carboxylic acids is 1. The van der Waals surface area contributed by atoms with E-state index in [-0.39, 0.29) is 5.91 Å². The van der Waals surface area contributed by atoms with Gasteiger partial charge in [-0.25, -0.2) is 0 Å². The first-order valence-electron chi connectivity index (χ1n) is 9.89. The average molecular weight is 370 g/mol. The quantitative estimate of drug-likeness (QED) is 0.736. The van der Waals surface area contributed by atoms with Crippen molar-refractivity contribution in [2.45, 2.75) is 52.4 Å². The Balaban J connectivity index is 1.39. The smallest absolute Gasteiger partial charge is 0.222 e. The van der Waals surface area contributed by atoms with Crippen LogP contribution in [0.15, 0.2) is 28.8 Å². The molecule has 0 saturated carbocycles. The van der Waals surface area contributed by atoms with Crippen LogP contribution in [0.25, 0.3) is 0 Å². The van der Waals surface area contributed by atoms with Gasteiger partial charge in [0.1, 0.15) is 11.5 Å². The van der Waals surface area contributed by atoms with Crippen LogP contribution in [0.5, 0.6) is 5.75 Å². The fraction of sp³-hybridized carbons (Fsp3) is 0.545. The summed E-state index contributed by atoms with van der Waals surface area (Å²) in [7, 11) is 1.69. The predicted molar refractivity (Wildman–Crippen MR) is 105 cm³/mol. The van der Waals surface area contributed by atoms with E-state index < -0.39 is 0 Å². The Kier molecular flexibility index (Phi) is 6.54. The summed E-state index contributed by atoms with van der Waals surface area (Å²) in [6.45, 7) is 5.61. The van der Waals surface area contributed by atoms with Crippen LogP contribution >= 0.6 is 0 Å². The molecule has 2 aromatic rings. The Morgan fingerprint density at radius 1 is 1.19 bits per heavy atom. The first-order chi connectivity index (χ1) is 13.1. The molecule has 1 aliphatic rings. The average Bonchev–Trinajstić information content (AvgIpc) is 3.03. The second-order valence-corrected chi connectivity index (χ2v) is 7.51. The van der Waals surface area contributed by atoms with Gasteiger partial charge in [0.25, 0.3) is 0 Å². The highest BCUT2D eigenvalue weighted by molar-refractivity contribution is 5.76. The Morgan fingerprint density at radius 3 is 2.48 bits per heavy atom. The third-order valence-corrected chi connectivity index (χ3v) is 5.74. The summed E-state index contributed by atoms with van der Waals surface area (Å²) < 4.78 is 10.4. The van der Waals surface area contributed by atoms with E-state index in [1.807, 2.05) is 30.9 Å². The molecule has 5 nitrogen and oxygen atoms in total. The normalized spacial score (nSPS) is 15.1. The molecule has 1 aliphatic heterocycles. The van der Waals surface area contributed by atoms with E-state index in [9.17, 15) is 4.79 Å². The lowest BCUT2D eigenvalue weighted by molar-refractivity contribution is -0.132. The van der Waals surface area contributed by atoms with Crippen LogP contribution in [0.4, 0.5) is 0 Å². The molecular formula is C22H30N2O3. The van der Waals surface area contributed by atoms with Gasteiger partial charge in [-0.15, -0.1) is 0 Å². The summed E-state index contributed by atoms with van der Waals surface area (Å²) in [4.78, 5) is 14.6. The number of hydrogen-bond acceptors (Lipinski definition) is 4. The monoisotopic (exact) mass is 370 g/mol. The van der Waals surface area contributed by atoms with E-state index in [4.69, 9.17) is 9.26 Å². The summed E-state index contributed by atoms with van der Waals surface area (Å²) in [6.07, 6.45) is 5.75. The number of methoxy groups -OCH3 is 1. The number of likely N-dealkylation sites (tertiary alicyclic amines) is 1. The molecule has 0 unspecified atom stereocenters. The van der Waals surface area contributed by atoms with Gasteiger partial charge in [0, 0.05) is 25.1 Å². The SMILES string of the molecule is COc1ccc(CCC2CCN(C(=O)CCc3c(C)noc3C)CC2)cc1. The van der Waals surface area contributed by atoms with Gasteiger partial charge in [0.2, 0.25) is 5.91 Å². The summed E-state index contributed by atoms with van der Waals surface area (Å²) in [5.74, 6) is 2.70. The Bertz CT molecular complexity index is 724. The summed E-state index contributed by atoms with van der Waals surface area (Å²) in [6, 6.07) is 8.34. The fourth-order valence-corrected chi connectivity index (χ4v) is 3.88. The maximum absolute atomic E-state index is 12.5. The lowest BCUT2D eigenvalue weighted by atomic mass is 9.90. The van der Waals surface area contributed by atoms with Crippen LogP contribution in [0.3, 0.4) is 0 Å². The summed E-state index contributed by atoms with van der Waals surface area (Å²) in [5.41, 5.74) is 3.34. The maximum Gasteiger partial charge on any atom is 0.222 e. The molecule has 27 heavy (non-hydrogen) atoms. The highest BCUT2D eigenvalue weighted by Crippen LogP contribution is 2.24. The van der Waals surface area contributed by atoms with Crippen LogP contribution in [-0.4, -0.2) is 36.2 Å². The van der Waals surface area contributed by atoms with Crippen LogP contribution in [0, 0.1) is 19.8 Å². The molecule has 2 heterocycles. The zero-order valence-corrected chi connectivity index (χ0v) is 16.7. The van der Waals surface area contributed by atoms with E-state index in [1.165, 1.54) is 12.0 Å². The number of rotatable bonds is 7. The number of ether oxygens (including phenoxy) is 1. The standard InChI is InChI=1S/C22H30N2O3/c1-16-21(17(2)27-23-16)10-11-22(25)24-14-12-19(13-15-24)5-4-18-6-8-20(26-3)9-7-18/h6-9,19H,4-5,10-15H2,1-3H3. The van der Waals surface area contributed by atoms with E-state index in [0.29, 0.717) is 12.3 Å². The number of nitrogens with zero attached hydrogens (tertiary/aromatic N) is 2. The number of aryl methyl sites for hydroxylation is 3. The Morgan fingerprint density at radius 2 is 1.89 bits per heavy atom. The minimum absolute atomic E-state index is 0.253. The topological polar surface area (TPSA) is 55.6 Å². The van der Waals surface area contributed by atoms with Crippen LogP contribution in [0.2, 0.25) is 0 Å². The van der Waals surface area contributed by atoms with E-state index >= 15 is 0 Å². The number of amides is 1. The molecule has 0 atom stereocenters. The van der Waals surface area contributed by atoms with Crippen molar-refractivity contribution >= 4 is 5.91 Å².